The molecule has 2 rings (SSSR count). The van der Waals surface area contributed by atoms with E-state index in [0.29, 0.717) is 18.6 Å². The minimum atomic E-state index is -0.571. The Hall–Kier alpha value is -2.64. The second-order valence-corrected chi connectivity index (χ2v) is 6.76. The van der Waals surface area contributed by atoms with Gasteiger partial charge in [-0.1, -0.05) is 16.9 Å². The largest absolute Gasteiger partial charge is 0.494 e. The van der Waals surface area contributed by atoms with Gasteiger partial charge in [0.2, 0.25) is 5.78 Å². The molecule has 0 saturated heterocycles. The maximum absolute atomic E-state index is 12.2. The predicted molar refractivity (Wildman–Crippen MR) is 103 cm³/mol. The van der Waals surface area contributed by atoms with E-state index in [1.807, 2.05) is 36.4 Å². The number of aliphatic hydroxyl groups is 1. The molecule has 142 valence electrons. The molecule has 0 aliphatic heterocycles. The Bertz CT molecular complexity index is 800. The van der Waals surface area contributed by atoms with Crippen LogP contribution in [0, 0.1) is 0 Å². The molecule has 0 spiro atoms. The molecule has 1 N–H and O–H groups in total. The lowest BCUT2D eigenvalue weighted by molar-refractivity contribution is -0.140. The molecule has 0 atom stereocenters. The van der Waals surface area contributed by atoms with Gasteiger partial charge in [-0.3, -0.25) is 4.79 Å². The minimum Gasteiger partial charge on any atom is -0.494 e. The number of hydrogen-bond acceptors (Lipinski definition) is 7. The zero-order valence-electron chi connectivity index (χ0n) is 15.2. The summed E-state index contributed by atoms with van der Waals surface area (Å²) >= 11 is 1.56. The summed E-state index contributed by atoms with van der Waals surface area (Å²) in [7, 11) is 0. The van der Waals surface area contributed by atoms with Crippen LogP contribution in [0.4, 0.5) is 0 Å². The van der Waals surface area contributed by atoms with Crippen LogP contribution in [0.1, 0.15) is 30.6 Å². The number of ketones is 1. The number of carbonyl (C=O) groups excluding carboxylic acids is 2. The van der Waals surface area contributed by atoms with Crippen molar-refractivity contribution in [3.8, 4) is 5.75 Å². The van der Waals surface area contributed by atoms with Crippen molar-refractivity contribution in [2.75, 3.05) is 13.2 Å². The third-order valence-electron chi connectivity index (χ3n) is 3.39. The van der Waals surface area contributed by atoms with Gasteiger partial charge in [-0.25, -0.2) is 4.79 Å². The van der Waals surface area contributed by atoms with Crippen molar-refractivity contribution in [1.29, 1.82) is 0 Å². The number of Topliss-reactive ketones (excluding diaryl/α,β-unsaturated/α-hetero) is 1. The van der Waals surface area contributed by atoms with Crippen molar-refractivity contribution in [2.45, 2.75) is 30.1 Å². The van der Waals surface area contributed by atoms with Crippen molar-refractivity contribution >= 4 is 29.2 Å². The molecule has 2 aromatic carbocycles. The van der Waals surface area contributed by atoms with E-state index in [4.69, 9.17) is 9.84 Å². The first-order chi connectivity index (χ1) is 13.0. The standard InChI is InChI=1S/C20H21NO5S/c1-14(21-26-15(2)23)20(24)16-4-8-18(9-5-16)27-19-10-6-17(7-11-19)25-13-3-12-22/h4-11,22H,3,12-13H2,1-2H3/b21-14+. The van der Waals surface area contributed by atoms with Crippen LogP contribution >= 0.6 is 11.8 Å². The highest BCUT2D eigenvalue weighted by Crippen LogP contribution is 2.29. The molecule has 0 bridgehead atoms. The van der Waals surface area contributed by atoms with Crippen molar-refractivity contribution in [3.05, 3.63) is 54.1 Å². The molecule has 0 fully saturated rings. The molecule has 0 saturated carbocycles. The fourth-order valence-corrected chi connectivity index (χ4v) is 2.87. The van der Waals surface area contributed by atoms with E-state index >= 15 is 0 Å². The number of carbonyl (C=O) groups is 2. The fraction of sp³-hybridized carbons (Fsp3) is 0.250. The topological polar surface area (TPSA) is 85.2 Å². The summed E-state index contributed by atoms with van der Waals surface area (Å²) in [4.78, 5) is 29.5. The number of hydrogen-bond donors (Lipinski definition) is 1. The molecular weight excluding hydrogens is 366 g/mol. The molecule has 0 aliphatic carbocycles. The van der Waals surface area contributed by atoms with Crippen LogP contribution in [-0.2, 0) is 9.63 Å². The Balaban J connectivity index is 1.96. The predicted octanol–water partition coefficient (Wildman–Crippen LogP) is 3.72. The smallest absolute Gasteiger partial charge is 0.331 e. The van der Waals surface area contributed by atoms with E-state index in [0.717, 1.165) is 15.5 Å². The highest BCUT2D eigenvalue weighted by molar-refractivity contribution is 7.99. The van der Waals surface area contributed by atoms with Crippen LogP contribution < -0.4 is 4.74 Å². The summed E-state index contributed by atoms with van der Waals surface area (Å²) in [5.41, 5.74) is 0.586. The maximum Gasteiger partial charge on any atom is 0.331 e. The Morgan fingerprint density at radius 3 is 2.15 bits per heavy atom. The van der Waals surface area contributed by atoms with E-state index in [1.54, 1.807) is 23.9 Å². The Morgan fingerprint density at radius 2 is 1.59 bits per heavy atom. The molecule has 0 heterocycles. The van der Waals surface area contributed by atoms with Gasteiger partial charge in [0.1, 0.15) is 11.5 Å². The fourth-order valence-electron chi connectivity index (χ4n) is 2.05. The third kappa shape index (κ3) is 6.88. The number of benzene rings is 2. The van der Waals surface area contributed by atoms with E-state index < -0.39 is 5.97 Å². The summed E-state index contributed by atoms with van der Waals surface area (Å²) in [6, 6.07) is 14.8. The van der Waals surface area contributed by atoms with Crippen LogP contribution in [0.5, 0.6) is 5.75 Å². The maximum atomic E-state index is 12.2. The first-order valence-corrected chi connectivity index (χ1v) is 9.20. The normalized spacial score (nSPS) is 11.1. The van der Waals surface area contributed by atoms with E-state index in [2.05, 4.69) is 9.99 Å². The summed E-state index contributed by atoms with van der Waals surface area (Å²) in [5.74, 6) is -0.104. The van der Waals surface area contributed by atoms with Gasteiger partial charge in [0.15, 0.2) is 0 Å². The van der Waals surface area contributed by atoms with Crippen LogP contribution in [0.3, 0.4) is 0 Å². The van der Waals surface area contributed by atoms with Crippen molar-refractivity contribution < 1.29 is 24.3 Å². The zero-order chi connectivity index (χ0) is 19.6. The Kier molecular flexibility index (Phi) is 8.03. The number of rotatable bonds is 9. The number of ether oxygens (including phenoxy) is 1. The number of aliphatic hydroxyl groups excluding tert-OH is 1. The monoisotopic (exact) mass is 387 g/mol. The van der Waals surface area contributed by atoms with Crippen LogP contribution in [0.2, 0.25) is 0 Å². The summed E-state index contributed by atoms with van der Waals surface area (Å²) < 4.78 is 5.50. The summed E-state index contributed by atoms with van der Waals surface area (Å²) in [6.07, 6.45) is 0.604. The van der Waals surface area contributed by atoms with Crippen LogP contribution in [0.15, 0.2) is 63.5 Å². The van der Waals surface area contributed by atoms with Gasteiger partial charge < -0.3 is 14.7 Å². The van der Waals surface area contributed by atoms with Gasteiger partial charge in [-0.05, 0) is 55.5 Å². The molecule has 6 nitrogen and oxygen atoms in total. The van der Waals surface area contributed by atoms with Gasteiger partial charge in [0.05, 0.1) is 6.61 Å². The van der Waals surface area contributed by atoms with Gasteiger partial charge in [0.25, 0.3) is 0 Å². The van der Waals surface area contributed by atoms with E-state index in [9.17, 15) is 9.59 Å². The lowest BCUT2D eigenvalue weighted by atomic mass is 10.1. The van der Waals surface area contributed by atoms with Crippen molar-refractivity contribution in [2.24, 2.45) is 5.16 Å². The highest BCUT2D eigenvalue weighted by Gasteiger charge is 2.11. The average Bonchev–Trinajstić information content (AvgIpc) is 2.67. The van der Waals surface area contributed by atoms with Crippen molar-refractivity contribution in [1.82, 2.24) is 0 Å². The SMILES string of the molecule is CC(=O)O/N=C(\C)C(=O)c1ccc(Sc2ccc(OCCCO)cc2)cc1. The molecule has 0 aliphatic rings. The van der Waals surface area contributed by atoms with Crippen molar-refractivity contribution in [3.63, 3.8) is 0 Å². The molecule has 2 aromatic rings. The quantitative estimate of drug-likeness (QED) is 0.232. The lowest BCUT2D eigenvalue weighted by Crippen LogP contribution is -2.11. The first kappa shape index (κ1) is 20.7. The van der Waals surface area contributed by atoms with Gasteiger partial charge in [-0.15, -0.1) is 0 Å². The van der Waals surface area contributed by atoms with Crippen LogP contribution in [-0.4, -0.2) is 35.8 Å². The minimum absolute atomic E-state index is 0.113. The highest BCUT2D eigenvalue weighted by atomic mass is 32.2. The second kappa shape index (κ2) is 10.5. The molecule has 0 unspecified atom stereocenters. The Morgan fingerprint density at radius 1 is 1.00 bits per heavy atom. The first-order valence-electron chi connectivity index (χ1n) is 8.38. The number of nitrogens with zero attached hydrogens (tertiary/aromatic N) is 1. The molecule has 27 heavy (non-hydrogen) atoms. The summed E-state index contributed by atoms with van der Waals surface area (Å²) in [6.45, 7) is 3.32. The molecular formula is C20H21NO5S. The van der Waals surface area contributed by atoms with E-state index in [-0.39, 0.29) is 18.1 Å². The van der Waals surface area contributed by atoms with E-state index in [1.165, 1.54) is 13.8 Å². The number of oxime groups is 1. The molecule has 0 amide bonds. The molecule has 0 aromatic heterocycles. The zero-order valence-corrected chi connectivity index (χ0v) is 16.0. The Labute approximate surface area is 162 Å². The van der Waals surface area contributed by atoms with Gasteiger partial charge in [-0.2, -0.15) is 0 Å². The second-order valence-electron chi connectivity index (χ2n) is 5.61. The molecule has 7 heteroatoms. The molecule has 0 radical (unpaired) electrons. The van der Waals surface area contributed by atoms with Crippen LogP contribution in [0.25, 0.3) is 0 Å². The average molecular weight is 387 g/mol. The van der Waals surface area contributed by atoms with Gasteiger partial charge in [0, 0.05) is 35.3 Å². The summed E-state index contributed by atoms with van der Waals surface area (Å²) in [5, 5.41) is 12.3. The van der Waals surface area contributed by atoms with Gasteiger partial charge >= 0.3 is 5.97 Å². The third-order valence-corrected chi connectivity index (χ3v) is 4.40. The lowest BCUT2D eigenvalue weighted by Gasteiger charge is -2.07.